The Bertz CT molecular complexity index is 337. The Morgan fingerprint density at radius 2 is 1.13 bits per heavy atom. The molecular formula is C17H37NNaO3S. The summed E-state index contributed by atoms with van der Waals surface area (Å²) in [5.41, 5.74) is 0. The zero-order valence-corrected chi connectivity index (χ0v) is 18.5. The first-order valence-corrected chi connectivity index (χ1v) is 10.7. The monoisotopic (exact) mass is 358 g/mol. The zero-order chi connectivity index (χ0) is 16.7. The molecule has 1 N–H and O–H groups in total. The Morgan fingerprint density at radius 1 is 0.739 bits per heavy atom. The molecule has 0 spiro atoms. The SMILES string of the molecule is CCCCCCCCCCCCCCN(C)CCS(=O)(=O)O.[Na]. The molecule has 23 heavy (non-hydrogen) atoms. The molecule has 4 nitrogen and oxygen atoms in total. The number of unbranched alkanes of at least 4 members (excludes halogenated alkanes) is 11. The van der Waals surface area contributed by atoms with Gasteiger partial charge in [0.1, 0.15) is 0 Å². The molecule has 0 amide bonds. The van der Waals surface area contributed by atoms with E-state index in [1.165, 1.54) is 70.6 Å². The van der Waals surface area contributed by atoms with Crippen LogP contribution in [0.3, 0.4) is 0 Å². The van der Waals surface area contributed by atoms with Crippen molar-refractivity contribution in [2.75, 3.05) is 25.9 Å². The summed E-state index contributed by atoms with van der Waals surface area (Å²) in [6, 6.07) is 0. The average molecular weight is 359 g/mol. The molecule has 0 unspecified atom stereocenters. The Hall–Kier alpha value is 0.870. The van der Waals surface area contributed by atoms with Crippen molar-refractivity contribution in [3.05, 3.63) is 0 Å². The summed E-state index contributed by atoms with van der Waals surface area (Å²) in [4.78, 5) is 1.98. The molecular weight excluding hydrogens is 321 g/mol. The van der Waals surface area contributed by atoms with Gasteiger partial charge in [-0.2, -0.15) is 8.42 Å². The minimum atomic E-state index is -3.82. The van der Waals surface area contributed by atoms with Crippen molar-refractivity contribution in [1.82, 2.24) is 4.90 Å². The fraction of sp³-hybridized carbons (Fsp3) is 1.00. The minimum absolute atomic E-state index is 0. The summed E-state index contributed by atoms with van der Waals surface area (Å²) in [5, 5.41) is 0. The van der Waals surface area contributed by atoms with Gasteiger partial charge in [0.15, 0.2) is 0 Å². The maximum atomic E-state index is 10.6. The van der Waals surface area contributed by atoms with Crippen molar-refractivity contribution in [2.45, 2.75) is 84.0 Å². The van der Waals surface area contributed by atoms with E-state index in [4.69, 9.17) is 4.55 Å². The standard InChI is InChI=1S/C17H37NO3S.Na/c1-3-4-5-6-7-8-9-10-11-12-13-14-15-18(2)16-17-22(19,20)21;/h3-17H2,1-2H3,(H,19,20,21);. The van der Waals surface area contributed by atoms with Crippen LogP contribution in [0.2, 0.25) is 0 Å². The second-order valence-electron chi connectivity index (χ2n) is 6.48. The fourth-order valence-electron chi connectivity index (χ4n) is 2.61. The molecule has 0 fully saturated rings. The molecule has 0 aliphatic heterocycles. The van der Waals surface area contributed by atoms with Gasteiger partial charge in [-0.05, 0) is 20.0 Å². The van der Waals surface area contributed by atoms with E-state index in [0.29, 0.717) is 6.54 Å². The van der Waals surface area contributed by atoms with Gasteiger partial charge in [-0.3, -0.25) is 4.55 Å². The summed E-state index contributed by atoms with van der Waals surface area (Å²) in [6.07, 6.45) is 16.0. The number of hydrogen-bond acceptors (Lipinski definition) is 3. The van der Waals surface area contributed by atoms with E-state index in [9.17, 15) is 8.42 Å². The van der Waals surface area contributed by atoms with Gasteiger partial charge < -0.3 is 4.90 Å². The summed E-state index contributed by atoms with van der Waals surface area (Å²) >= 11 is 0. The molecule has 0 aliphatic rings. The van der Waals surface area contributed by atoms with E-state index in [0.717, 1.165) is 13.0 Å². The topological polar surface area (TPSA) is 57.6 Å². The van der Waals surface area contributed by atoms with Gasteiger partial charge in [0.05, 0.1) is 5.75 Å². The maximum absolute atomic E-state index is 10.6. The average Bonchev–Trinajstić information content (AvgIpc) is 2.45. The van der Waals surface area contributed by atoms with Crippen LogP contribution in [0.4, 0.5) is 0 Å². The zero-order valence-electron chi connectivity index (χ0n) is 15.7. The van der Waals surface area contributed by atoms with E-state index < -0.39 is 10.1 Å². The van der Waals surface area contributed by atoms with Crippen LogP contribution in [0, 0.1) is 0 Å². The second-order valence-corrected chi connectivity index (χ2v) is 8.05. The van der Waals surface area contributed by atoms with Gasteiger partial charge in [0.2, 0.25) is 0 Å². The van der Waals surface area contributed by atoms with Crippen LogP contribution in [0.5, 0.6) is 0 Å². The van der Waals surface area contributed by atoms with E-state index in [1.807, 2.05) is 11.9 Å². The van der Waals surface area contributed by atoms with Crippen LogP contribution in [0.1, 0.15) is 84.0 Å². The van der Waals surface area contributed by atoms with Crippen molar-refractivity contribution in [2.24, 2.45) is 0 Å². The molecule has 0 bridgehead atoms. The largest absolute Gasteiger partial charge is 0.305 e. The molecule has 0 aromatic carbocycles. The van der Waals surface area contributed by atoms with Crippen LogP contribution in [0.25, 0.3) is 0 Å². The Labute approximate surface area is 166 Å². The molecule has 0 aliphatic carbocycles. The maximum Gasteiger partial charge on any atom is 0.266 e. The van der Waals surface area contributed by atoms with Crippen molar-refractivity contribution >= 4 is 39.7 Å². The van der Waals surface area contributed by atoms with Crippen LogP contribution in [-0.4, -0.2) is 73.3 Å². The van der Waals surface area contributed by atoms with Crippen molar-refractivity contribution in [1.29, 1.82) is 0 Å². The van der Waals surface area contributed by atoms with E-state index in [-0.39, 0.29) is 35.3 Å². The van der Waals surface area contributed by atoms with Crippen LogP contribution in [0.15, 0.2) is 0 Å². The summed E-state index contributed by atoms with van der Waals surface area (Å²) in [5.74, 6) is -0.165. The van der Waals surface area contributed by atoms with Crippen LogP contribution in [-0.2, 0) is 10.1 Å². The molecule has 0 aromatic heterocycles. The molecule has 0 saturated carbocycles. The molecule has 0 heterocycles. The first-order valence-electron chi connectivity index (χ1n) is 9.09. The Kier molecular flexibility index (Phi) is 20.1. The third-order valence-electron chi connectivity index (χ3n) is 4.12. The quantitative estimate of drug-likeness (QED) is 0.256. The minimum Gasteiger partial charge on any atom is -0.305 e. The smallest absolute Gasteiger partial charge is 0.266 e. The molecule has 0 atom stereocenters. The van der Waals surface area contributed by atoms with Crippen LogP contribution >= 0.6 is 0 Å². The normalized spacial score (nSPS) is 11.7. The summed E-state index contributed by atoms with van der Waals surface area (Å²) < 4.78 is 30.0. The predicted molar refractivity (Wildman–Crippen MR) is 101 cm³/mol. The molecule has 0 aromatic rings. The Balaban J connectivity index is 0. The molecule has 0 saturated heterocycles. The third-order valence-corrected chi connectivity index (χ3v) is 4.82. The van der Waals surface area contributed by atoms with Crippen molar-refractivity contribution in [3.8, 4) is 0 Å². The van der Waals surface area contributed by atoms with E-state index in [1.54, 1.807) is 0 Å². The van der Waals surface area contributed by atoms with Gasteiger partial charge in [-0.25, -0.2) is 0 Å². The van der Waals surface area contributed by atoms with Gasteiger partial charge >= 0.3 is 0 Å². The summed E-state index contributed by atoms with van der Waals surface area (Å²) in [6.45, 7) is 3.58. The van der Waals surface area contributed by atoms with E-state index in [2.05, 4.69) is 6.92 Å². The molecule has 1 radical (unpaired) electrons. The first kappa shape index (κ1) is 26.1. The van der Waals surface area contributed by atoms with Crippen molar-refractivity contribution < 1.29 is 13.0 Å². The van der Waals surface area contributed by atoms with Gasteiger partial charge in [0, 0.05) is 36.1 Å². The fourth-order valence-corrected chi connectivity index (χ4v) is 3.15. The third kappa shape index (κ3) is 22.9. The first-order chi connectivity index (χ1) is 10.5. The van der Waals surface area contributed by atoms with Gasteiger partial charge in [-0.1, -0.05) is 77.6 Å². The predicted octanol–water partition coefficient (Wildman–Crippen LogP) is 4.13. The number of rotatable bonds is 16. The van der Waals surface area contributed by atoms with Crippen LogP contribution < -0.4 is 0 Å². The summed E-state index contributed by atoms with van der Waals surface area (Å²) in [7, 11) is -1.91. The molecule has 135 valence electrons. The number of nitrogens with zero attached hydrogens (tertiary/aromatic N) is 1. The van der Waals surface area contributed by atoms with Gasteiger partial charge in [-0.15, -0.1) is 0 Å². The number of hydrogen-bond donors (Lipinski definition) is 1. The Morgan fingerprint density at radius 3 is 1.52 bits per heavy atom. The van der Waals surface area contributed by atoms with E-state index >= 15 is 0 Å². The molecule has 6 heteroatoms. The molecule has 0 rings (SSSR count). The second kappa shape index (κ2) is 17.7. The van der Waals surface area contributed by atoms with Crippen molar-refractivity contribution in [3.63, 3.8) is 0 Å². The van der Waals surface area contributed by atoms with Gasteiger partial charge in [0.25, 0.3) is 10.1 Å².